The number of aryl methyl sites for hydroxylation is 1. The van der Waals surface area contributed by atoms with Gasteiger partial charge >= 0.3 is 0 Å². The number of nitrogens with two attached hydrogens (primary N) is 1. The second-order valence-corrected chi connectivity index (χ2v) is 5.96. The quantitative estimate of drug-likeness (QED) is 0.700. The maximum Gasteiger partial charge on any atom is 0.241 e. The molecule has 136 valence electrons. The van der Waals surface area contributed by atoms with Crippen molar-refractivity contribution in [2.24, 2.45) is 5.73 Å². The summed E-state index contributed by atoms with van der Waals surface area (Å²) in [4.78, 5) is 12.2. The Morgan fingerprint density at radius 2 is 1.92 bits per heavy atom. The van der Waals surface area contributed by atoms with E-state index in [1.165, 1.54) is 0 Å². The Bertz CT molecular complexity index is 659. The molecule has 2 rings (SSSR count). The van der Waals surface area contributed by atoms with Crippen LogP contribution in [0.4, 0.5) is 0 Å². The Balaban J connectivity index is 0.00000312. The van der Waals surface area contributed by atoms with E-state index in [2.05, 4.69) is 12.2 Å². The molecule has 1 amide bonds. The van der Waals surface area contributed by atoms with Crippen molar-refractivity contribution in [1.82, 2.24) is 5.32 Å². The number of halogens is 1. The van der Waals surface area contributed by atoms with Crippen LogP contribution >= 0.6 is 12.4 Å². The van der Waals surface area contributed by atoms with Gasteiger partial charge in [-0.2, -0.15) is 0 Å². The molecule has 1 unspecified atom stereocenters. The highest BCUT2D eigenvalue weighted by Gasteiger charge is 2.15. The van der Waals surface area contributed by atoms with Crippen molar-refractivity contribution in [3.05, 3.63) is 65.2 Å². The summed E-state index contributed by atoms with van der Waals surface area (Å²) in [5, 5.41) is 2.89. The number of hydrogen-bond donors (Lipinski definition) is 2. The van der Waals surface area contributed by atoms with Crippen molar-refractivity contribution < 1.29 is 9.53 Å². The largest absolute Gasteiger partial charge is 0.494 e. The van der Waals surface area contributed by atoms with Gasteiger partial charge in [-0.15, -0.1) is 12.4 Å². The van der Waals surface area contributed by atoms with Gasteiger partial charge in [0.15, 0.2) is 0 Å². The zero-order chi connectivity index (χ0) is 17.4. The summed E-state index contributed by atoms with van der Waals surface area (Å²) < 4.78 is 5.68. The van der Waals surface area contributed by atoms with Gasteiger partial charge in [0.25, 0.3) is 0 Å². The molecule has 0 heterocycles. The Kier molecular flexibility index (Phi) is 9.03. The van der Waals surface area contributed by atoms with Crippen LogP contribution < -0.4 is 15.8 Å². The Morgan fingerprint density at radius 3 is 2.60 bits per heavy atom. The second kappa shape index (κ2) is 10.7. The molecule has 3 N–H and O–H groups in total. The number of unbranched alkanes of at least 4 members (excludes halogenated alkanes) is 1. The van der Waals surface area contributed by atoms with E-state index in [0.29, 0.717) is 13.2 Å². The normalized spacial score (nSPS) is 11.3. The standard InChI is InChI=1S/C20H26N2O2.ClH/c1-3-4-12-24-18-7-5-6-16(13-18)14-22-20(23)19(21)17-10-8-15(2)9-11-17;/h5-11,13,19H,3-4,12,14,21H2,1-2H3,(H,22,23);1H. The summed E-state index contributed by atoms with van der Waals surface area (Å²) in [6, 6.07) is 14.8. The Labute approximate surface area is 156 Å². The fourth-order valence-corrected chi connectivity index (χ4v) is 2.30. The zero-order valence-corrected chi connectivity index (χ0v) is 15.6. The fraction of sp³-hybridized carbons (Fsp3) is 0.350. The number of carbonyl (C=O) groups excluding carboxylic acids is 1. The van der Waals surface area contributed by atoms with Crippen LogP contribution in [0.15, 0.2) is 48.5 Å². The average Bonchev–Trinajstić information content (AvgIpc) is 2.60. The Hall–Kier alpha value is -2.04. The molecule has 0 radical (unpaired) electrons. The second-order valence-electron chi connectivity index (χ2n) is 5.96. The minimum absolute atomic E-state index is 0. The Morgan fingerprint density at radius 1 is 1.20 bits per heavy atom. The van der Waals surface area contributed by atoms with Crippen molar-refractivity contribution in [3.63, 3.8) is 0 Å². The number of ether oxygens (including phenoxy) is 1. The first-order valence-electron chi connectivity index (χ1n) is 8.41. The van der Waals surface area contributed by atoms with Crippen LogP contribution in [0.1, 0.15) is 42.5 Å². The van der Waals surface area contributed by atoms with Crippen molar-refractivity contribution in [3.8, 4) is 5.75 Å². The first-order valence-corrected chi connectivity index (χ1v) is 8.41. The van der Waals surface area contributed by atoms with Crippen LogP contribution in [0.5, 0.6) is 5.75 Å². The lowest BCUT2D eigenvalue weighted by Gasteiger charge is -2.13. The van der Waals surface area contributed by atoms with E-state index in [9.17, 15) is 4.79 Å². The van der Waals surface area contributed by atoms with E-state index >= 15 is 0 Å². The van der Waals surface area contributed by atoms with Gasteiger partial charge in [-0.3, -0.25) is 4.79 Å². The lowest BCUT2D eigenvalue weighted by Crippen LogP contribution is -2.33. The molecule has 0 saturated heterocycles. The van der Waals surface area contributed by atoms with Crippen molar-refractivity contribution >= 4 is 18.3 Å². The molecule has 0 aromatic heterocycles. The van der Waals surface area contributed by atoms with Crippen molar-refractivity contribution in [2.45, 2.75) is 39.3 Å². The highest BCUT2D eigenvalue weighted by Crippen LogP contribution is 2.15. The van der Waals surface area contributed by atoms with E-state index in [1.807, 2.05) is 55.5 Å². The maximum absolute atomic E-state index is 12.2. The number of carbonyl (C=O) groups is 1. The van der Waals surface area contributed by atoms with Gasteiger partial charge in [0.2, 0.25) is 5.91 Å². The molecule has 5 heteroatoms. The third kappa shape index (κ3) is 6.77. The SMILES string of the molecule is CCCCOc1cccc(CNC(=O)C(N)c2ccc(C)cc2)c1.Cl. The molecule has 0 spiro atoms. The molecule has 0 aliphatic heterocycles. The summed E-state index contributed by atoms with van der Waals surface area (Å²) in [5.41, 5.74) is 8.98. The summed E-state index contributed by atoms with van der Waals surface area (Å²) in [6.45, 7) is 5.28. The molecular weight excluding hydrogens is 336 g/mol. The van der Waals surface area contributed by atoms with E-state index in [-0.39, 0.29) is 18.3 Å². The van der Waals surface area contributed by atoms with Crippen LogP contribution in [-0.2, 0) is 11.3 Å². The number of hydrogen-bond acceptors (Lipinski definition) is 3. The molecule has 0 aliphatic carbocycles. The molecule has 1 atom stereocenters. The molecule has 25 heavy (non-hydrogen) atoms. The third-order valence-electron chi connectivity index (χ3n) is 3.85. The summed E-state index contributed by atoms with van der Waals surface area (Å²) >= 11 is 0. The smallest absolute Gasteiger partial charge is 0.241 e. The van der Waals surface area contributed by atoms with Crippen molar-refractivity contribution in [1.29, 1.82) is 0 Å². The molecule has 4 nitrogen and oxygen atoms in total. The fourth-order valence-electron chi connectivity index (χ4n) is 2.30. The topological polar surface area (TPSA) is 64.3 Å². The van der Waals surface area contributed by atoms with Gasteiger partial charge in [-0.05, 0) is 36.6 Å². The molecule has 2 aromatic carbocycles. The first-order chi connectivity index (χ1) is 11.6. The van der Waals surface area contributed by atoms with E-state index in [0.717, 1.165) is 35.3 Å². The van der Waals surface area contributed by atoms with Gasteiger partial charge in [-0.1, -0.05) is 55.3 Å². The molecule has 0 fully saturated rings. The van der Waals surface area contributed by atoms with Gasteiger partial charge < -0.3 is 15.8 Å². The number of rotatable bonds is 8. The number of nitrogens with one attached hydrogen (secondary N) is 1. The maximum atomic E-state index is 12.2. The van der Waals surface area contributed by atoms with Gasteiger partial charge in [0.1, 0.15) is 11.8 Å². The predicted molar refractivity (Wildman–Crippen MR) is 104 cm³/mol. The summed E-state index contributed by atoms with van der Waals surface area (Å²) in [5.74, 6) is 0.647. The van der Waals surface area contributed by atoms with E-state index in [4.69, 9.17) is 10.5 Å². The predicted octanol–water partition coefficient (Wildman–Crippen LogP) is 3.91. The molecule has 2 aromatic rings. The lowest BCUT2D eigenvalue weighted by atomic mass is 10.1. The van der Waals surface area contributed by atoms with Crippen LogP contribution in [0, 0.1) is 6.92 Å². The number of benzene rings is 2. The van der Waals surface area contributed by atoms with Crippen LogP contribution in [0.3, 0.4) is 0 Å². The summed E-state index contributed by atoms with van der Waals surface area (Å²) in [6.07, 6.45) is 2.14. The van der Waals surface area contributed by atoms with Gasteiger partial charge in [0, 0.05) is 6.54 Å². The lowest BCUT2D eigenvalue weighted by molar-refractivity contribution is -0.122. The summed E-state index contributed by atoms with van der Waals surface area (Å²) in [7, 11) is 0. The van der Waals surface area contributed by atoms with Gasteiger partial charge in [0.05, 0.1) is 6.61 Å². The molecule has 0 aliphatic rings. The highest BCUT2D eigenvalue weighted by molar-refractivity contribution is 5.85. The van der Waals surface area contributed by atoms with E-state index in [1.54, 1.807) is 0 Å². The first kappa shape index (κ1) is 21.0. The minimum Gasteiger partial charge on any atom is -0.494 e. The molecule has 0 bridgehead atoms. The van der Waals surface area contributed by atoms with Crippen LogP contribution in [0.25, 0.3) is 0 Å². The number of amides is 1. The third-order valence-corrected chi connectivity index (χ3v) is 3.85. The van der Waals surface area contributed by atoms with Gasteiger partial charge in [-0.25, -0.2) is 0 Å². The highest BCUT2D eigenvalue weighted by atomic mass is 35.5. The minimum atomic E-state index is -0.658. The van der Waals surface area contributed by atoms with Crippen molar-refractivity contribution in [2.75, 3.05) is 6.61 Å². The zero-order valence-electron chi connectivity index (χ0n) is 14.8. The van der Waals surface area contributed by atoms with E-state index < -0.39 is 6.04 Å². The molecular formula is C20H27ClN2O2. The average molecular weight is 363 g/mol. The van der Waals surface area contributed by atoms with Crippen LogP contribution in [0.2, 0.25) is 0 Å². The van der Waals surface area contributed by atoms with Crippen LogP contribution in [-0.4, -0.2) is 12.5 Å². The molecule has 0 saturated carbocycles. The monoisotopic (exact) mass is 362 g/mol.